The summed E-state index contributed by atoms with van der Waals surface area (Å²) in [6.07, 6.45) is 5.30. The van der Waals surface area contributed by atoms with Crippen molar-refractivity contribution >= 4 is 28.1 Å². The van der Waals surface area contributed by atoms with Crippen molar-refractivity contribution in [3.8, 4) is 0 Å². The third-order valence-corrected chi connectivity index (χ3v) is 9.16. The number of aryl methyl sites for hydroxylation is 1. The van der Waals surface area contributed by atoms with Crippen LogP contribution in [-0.4, -0.2) is 73.9 Å². The zero-order valence-corrected chi connectivity index (χ0v) is 21.0. The SMILES string of the molecule is Cc1noc(/C=C/c2ccccc2F)c1S(=O)(=O)N1CCC[C@H](C(=O)N2CCC3(CC2)OCCO3)C1. The number of carbonyl (C=O) groups is 1. The van der Waals surface area contributed by atoms with Crippen LogP contribution in [0.25, 0.3) is 12.2 Å². The highest BCUT2D eigenvalue weighted by Gasteiger charge is 2.43. The van der Waals surface area contributed by atoms with E-state index in [2.05, 4.69) is 5.16 Å². The molecule has 0 saturated carbocycles. The molecule has 1 atom stereocenters. The molecule has 36 heavy (non-hydrogen) atoms. The van der Waals surface area contributed by atoms with Crippen LogP contribution >= 0.6 is 0 Å². The Morgan fingerprint density at radius 3 is 2.58 bits per heavy atom. The smallest absolute Gasteiger partial charge is 0.248 e. The Morgan fingerprint density at radius 2 is 1.86 bits per heavy atom. The molecule has 0 radical (unpaired) electrons. The molecule has 11 heteroatoms. The molecule has 0 N–H and O–H groups in total. The Hall–Kier alpha value is -2.60. The van der Waals surface area contributed by atoms with E-state index in [0.717, 1.165) is 0 Å². The van der Waals surface area contributed by atoms with Gasteiger partial charge in [-0.2, -0.15) is 4.31 Å². The molecule has 3 saturated heterocycles. The van der Waals surface area contributed by atoms with E-state index in [1.165, 1.54) is 22.5 Å². The van der Waals surface area contributed by atoms with Crippen molar-refractivity contribution in [3.05, 3.63) is 47.1 Å². The number of sulfonamides is 1. The van der Waals surface area contributed by atoms with Gasteiger partial charge in [-0.3, -0.25) is 4.79 Å². The fourth-order valence-corrected chi connectivity index (χ4v) is 6.95. The van der Waals surface area contributed by atoms with Crippen LogP contribution in [0.15, 0.2) is 33.7 Å². The topological polar surface area (TPSA) is 102 Å². The first-order chi connectivity index (χ1) is 17.3. The van der Waals surface area contributed by atoms with Gasteiger partial charge in [0.15, 0.2) is 16.4 Å². The van der Waals surface area contributed by atoms with Gasteiger partial charge >= 0.3 is 0 Å². The molecule has 194 valence electrons. The van der Waals surface area contributed by atoms with Gasteiger partial charge in [0.2, 0.25) is 15.9 Å². The van der Waals surface area contributed by atoms with Gasteiger partial charge in [-0.15, -0.1) is 0 Å². The number of ether oxygens (including phenoxy) is 2. The summed E-state index contributed by atoms with van der Waals surface area (Å²) in [5, 5.41) is 3.85. The Bertz CT molecular complexity index is 1240. The van der Waals surface area contributed by atoms with Gasteiger partial charge in [0.25, 0.3) is 0 Å². The molecule has 1 amide bonds. The first-order valence-electron chi connectivity index (χ1n) is 12.2. The van der Waals surface area contributed by atoms with Crippen LogP contribution in [0, 0.1) is 18.7 Å². The lowest BCUT2D eigenvalue weighted by Crippen LogP contribution is -2.51. The summed E-state index contributed by atoms with van der Waals surface area (Å²) in [6.45, 7) is 4.15. The molecular weight excluding hydrogens is 489 g/mol. The van der Waals surface area contributed by atoms with E-state index in [-0.39, 0.29) is 28.8 Å². The van der Waals surface area contributed by atoms with Crippen LogP contribution < -0.4 is 0 Å². The molecule has 2 aromatic rings. The third kappa shape index (κ3) is 4.84. The van der Waals surface area contributed by atoms with Gasteiger partial charge < -0.3 is 18.9 Å². The first kappa shape index (κ1) is 25.1. The van der Waals surface area contributed by atoms with Crippen LogP contribution in [0.3, 0.4) is 0 Å². The van der Waals surface area contributed by atoms with Crippen molar-refractivity contribution in [1.82, 2.24) is 14.4 Å². The Morgan fingerprint density at radius 1 is 1.14 bits per heavy atom. The highest BCUT2D eigenvalue weighted by atomic mass is 32.2. The van der Waals surface area contributed by atoms with Gasteiger partial charge in [0.05, 0.1) is 19.1 Å². The second-order valence-corrected chi connectivity index (χ2v) is 11.3. The maximum absolute atomic E-state index is 14.0. The van der Waals surface area contributed by atoms with Crippen molar-refractivity contribution in [2.75, 3.05) is 39.4 Å². The molecule has 1 aromatic carbocycles. The summed E-state index contributed by atoms with van der Waals surface area (Å²) >= 11 is 0. The van der Waals surface area contributed by atoms with E-state index in [4.69, 9.17) is 14.0 Å². The summed E-state index contributed by atoms with van der Waals surface area (Å²) in [5.41, 5.74) is 0.518. The number of amides is 1. The van der Waals surface area contributed by atoms with Crippen LogP contribution in [0.4, 0.5) is 4.39 Å². The van der Waals surface area contributed by atoms with Gasteiger partial charge in [-0.1, -0.05) is 23.4 Å². The molecule has 3 fully saturated rings. The largest absolute Gasteiger partial charge is 0.355 e. The van der Waals surface area contributed by atoms with Crippen molar-refractivity contribution in [1.29, 1.82) is 0 Å². The molecule has 0 unspecified atom stereocenters. The molecule has 0 aliphatic carbocycles. The van der Waals surface area contributed by atoms with Crippen molar-refractivity contribution in [2.24, 2.45) is 5.92 Å². The number of carbonyl (C=O) groups excluding carboxylic acids is 1. The zero-order chi connectivity index (χ0) is 25.3. The highest BCUT2D eigenvalue weighted by Crippen LogP contribution is 2.34. The second kappa shape index (κ2) is 10.0. The van der Waals surface area contributed by atoms with E-state index in [9.17, 15) is 17.6 Å². The van der Waals surface area contributed by atoms with E-state index < -0.39 is 27.5 Å². The summed E-state index contributed by atoms with van der Waals surface area (Å²) in [7, 11) is -3.99. The standard InChI is InChI=1S/C25H30FN3O6S/c1-18-23(22(35-27-18)9-8-19-5-2-3-7-21(19)26)36(31,32)29-12-4-6-20(17-29)24(30)28-13-10-25(11-14-28)33-15-16-34-25/h2-3,5,7-9,20H,4,6,10-17H2,1H3/b9-8+/t20-/m0/s1. The lowest BCUT2D eigenvalue weighted by Gasteiger charge is -2.40. The number of hydrogen-bond donors (Lipinski definition) is 0. The summed E-state index contributed by atoms with van der Waals surface area (Å²) in [4.78, 5) is 15.0. The lowest BCUT2D eigenvalue weighted by atomic mass is 9.96. The minimum Gasteiger partial charge on any atom is -0.355 e. The van der Waals surface area contributed by atoms with Gasteiger partial charge in [0.1, 0.15) is 11.5 Å². The van der Waals surface area contributed by atoms with Crippen LogP contribution in [-0.2, 0) is 24.3 Å². The van der Waals surface area contributed by atoms with E-state index in [1.54, 1.807) is 30.0 Å². The molecule has 3 aliphatic rings. The molecular formula is C25H30FN3O6S. The fourth-order valence-electron chi connectivity index (χ4n) is 5.18. The number of aromatic nitrogens is 1. The normalized spacial score (nSPS) is 23.1. The highest BCUT2D eigenvalue weighted by molar-refractivity contribution is 7.89. The molecule has 1 spiro atoms. The quantitative estimate of drug-likeness (QED) is 0.598. The number of piperidine rings is 2. The second-order valence-electron chi connectivity index (χ2n) is 9.45. The Balaban J connectivity index is 1.30. The summed E-state index contributed by atoms with van der Waals surface area (Å²) < 4.78 is 59.4. The minimum atomic E-state index is -3.99. The predicted octanol–water partition coefficient (Wildman–Crippen LogP) is 3.06. The minimum absolute atomic E-state index is 0.0297. The molecule has 1 aromatic heterocycles. The number of rotatable bonds is 5. The van der Waals surface area contributed by atoms with Gasteiger partial charge in [-0.25, -0.2) is 12.8 Å². The predicted molar refractivity (Wildman–Crippen MR) is 128 cm³/mol. The Kier molecular flexibility index (Phi) is 6.99. The average molecular weight is 520 g/mol. The molecule has 5 rings (SSSR count). The van der Waals surface area contributed by atoms with Crippen molar-refractivity contribution < 1.29 is 31.6 Å². The number of nitrogens with zero attached hydrogens (tertiary/aromatic N) is 3. The molecule has 0 bridgehead atoms. The van der Waals surface area contributed by atoms with E-state index >= 15 is 0 Å². The molecule has 9 nitrogen and oxygen atoms in total. The number of likely N-dealkylation sites (tertiary alicyclic amines) is 1. The maximum Gasteiger partial charge on any atom is 0.248 e. The van der Waals surface area contributed by atoms with Gasteiger partial charge in [-0.05, 0) is 38.0 Å². The van der Waals surface area contributed by atoms with Crippen LogP contribution in [0.2, 0.25) is 0 Å². The van der Waals surface area contributed by atoms with Crippen molar-refractivity contribution in [3.63, 3.8) is 0 Å². The Labute approximate surface area is 209 Å². The number of benzene rings is 1. The van der Waals surface area contributed by atoms with Gasteiger partial charge in [0, 0.05) is 44.6 Å². The monoisotopic (exact) mass is 519 g/mol. The fraction of sp³-hybridized carbons (Fsp3) is 0.520. The number of hydrogen-bond acceptors (Lipinski definition) is 7. The summed E-state index contributed by atoms with van der Waals surface area (Å²) in [5.74, 6) is -1.43. The lowest BCUT2D eigenvalue weighted by molar-refractivity contribution is -0.188. The van der Waals surface area contributed by atoms with Crippen LogP contribution in [0.1, 0.15) is 42.7 Å². The zero-order valence-electron chi connectivity index (χ0n) is 20.2. The number of halogens is 1. The van der Waals surface area contributed by atoms with Crippen LogP contribution in [0.5, 0.6) is 0 Å². The average Bonchev–Trinajstić information content (AvgIpc) is 3.50. The van der Waals surface area contributed by atoms with E-state index in [0.29, 0.717) is 64.1 Å². The molecule has 3 aliphatic heterocycles. The summed E-state index contributed by atoms with van der Waals surface area (Å²) in [6, 6.07) is 6.17. The maximum atomic E-state index is 14.0. The first-order valence-corrected chi connectivity index (χ1v) is 13.7. The molecule has 4 heterocycles. The third-order valence-electron chi connectivity index (χ3n) is 7.13. The van der Waals surface area contributed by atoms with E-state index in [1.807, 2.05) is 0 Å². The van der Waals surface area contributed by atoms with Crippen molar-refractivity contribution in [2.45, 2.75) is 43.3 Å².